The van der Waals surface area contributed by atoms with Crippen LogP contribution in [0.4, 0.5) is 5.69 Å². The van der Waals surface area contributed by atoms with E-state index in [9.17, 15) is 9.59 Å². The number of nitrogens with one attached hydrogen (secondary N) is 1. The van der Waals surface area contributed by atoms with Crippen molar-refractivity contribution in [1.29, 1.82) is 0 Å². The Balaban J connectivity index is 2.34. The lowest BCUT2D eigenvalue weighted by Crippen LogP contribution is -2.34. The third-order valence-corrected chi connectivity index (χ3v) is 2.85. The summed E-state index contributed by atoms with van der Waals surface area (Å²) in [5.74, 6) is -0.567. The summed E-state index contributed by atoms with van der Waals surface area (Å²) in [6, 6.07) is 4.57. The van der Waals surface area contributed by atoms with E-state index in [2.05, 4.69) is 10.1 Å². The van der Waals surface area contributed by atoms with Crippen molar-refractivity contribution in [3.63, 3.8) is 0 Å². The number of rotatable bonds is 1. The van der Waals surface area contributed by atoms with Crippen molar-refractivity contribution in [3.05, 3.63) is 29.3 Å². The lowest BCUT2D eigenvalue weighted by molar-refractivity contribution is -0.117. The monoisotopic (exact) mass is 234 g/mol. The molecule has 0 radical (unpaired) electrons. The van der Waals surface area contributed by atoms with Crippen LogP contribution in [0.5, 0.6) is 0 Å². The largest absolute Gasteiger partial charge is 0.465 e. The molecule has 0 aromatic heterocycles. The fraction of sp³-hybridized carbons (Fsp3) is 0.333. The number of ether oxygens (including phenoxy) is 1. The van der Waals surface area contributed by atoms with Crippen LogP contribution in [0.2, 0.25) is 0 Å². The third-order valence-electron chi connectivity index (χ3n) is 2.85. The molecular weight excluding hydrogens is 220 g/mol. The first kappa shape index (κ1) is 11.6. The summed E-state index contributed by atoms with van der Waals surface area (Å²) in [7, 11) is 1.34. The molecule has 0 saturated heterocycles. The number of fused-ring (bicyclic) bond motifs is 1. The Bertz CT molecular complexity index is 471. The van der Waals surface area contributed by atoms with E-state index in [1.54, 1.807) is 18.2 Å². The van der Waals surface area contributed by atoms with E-state index in [1.165, 1.54) is 7.11 Å². The molecule has 2 rings (SSSR count). The maximum atomic E-state index is 11.5. The normalized spacial score (nSPS) is 18.9. The molecule has 1 heterocycles. The summed E-state index contributed by atoms with van der Waals surface area (Å²) in [4.78, 5) is 22.9. The van der Waals surface area contributed by atoms with E-state index in [0.29, 0.717) is 18.4 Å². The third kappa shape index (κ3) is 2.29. The smallest absolute Gasteiger partial charge is 0.337 e. The van der Waals surface area contributed by atoms with Crippen molar-refractivity contribution >= 4 is 17.6 Å². The number of esters is 1. The first-order chi connectivity index (χ1) is 8.11. The van der Waals surface area contributed by atoms with Gasteiger partial charge in [-0.2, -0.15) is 0 Å². The predicted octanol–water partition coefficient (Wildman–Crippen LogP) is 0.685. The number of benzene rings is 1. The molecule has 1 unspecified atom stereocenters. The fourth-order valence-electron chi connectivity index (χ4n) is 1.83. The summed E-state index contributed by atoms with van der Waals surface area (Å²) in [6.07, 6.45) is 1.24. The van der Waals surface area contributed by atoms with Crippen LogP contribution >= 0.6 is 0 Å². The van der Waals surface area contributed by atoms with E-state index in [1.807, 2.05) is 0 Å². The highest BCUT2D eigenvalue weighted by Gasteiger charge is 2.20. The second kappa shape index (κ2) is 4.55. The van der Waals surface area contributed by atoms with Crippen molar-refractivity contribution in [2.45, 2.75) is 18.9 Å². The van der Waals surface area contributed by atoms with Crippen molar-refractivity contribution in [2.75, 3.05) is 12.4 Å². The molecular formula is C12H14N2O3. The molecule has 1 amide bonds. The summed E-state index contributed by atoms with van der Waals surface area (Å²) < 4.78 is 4.65. The molecule has 0 aliphatic carbocycles. The second-order valence-corrected chi connectivity index (χ2v) is 4.00. The number of carbonyl (C=O) groups is 2. The zero-order chi connectivity index (χ0) is 12.4. The molecule has 1 aliphatic heterocycles. The fourth-order valence-corrected chi connectivity index (χ4v) is 1.83. The van der Waals surface area contributed by atoms with Crippen LogP contribution in [0.1, 0.15) is 22.3 Å². The summed E-state index contributed by atoms with van der Waals surface area (Å²) in [6.45, 7) is 0. The van der Waals surface area contributed by atoms with Crippen molar-refractivity contribution in [1.82, 2.24) is 0 Å². The average Bonchev–Trinajstić information content (AvgIpc) is 2.48. The van der Waals surface area contributed by atoms with E-state index >= 15 is 0 Å². The predicted molar refractivity (Wildman–Crippen MR) is 62.7 cm³/mol. The molecule has 3 N–H and O–H groups in total. The van der Waals surface area contributed by atoms with Crippen LogP contribution in [0.15, 0.2) is 18.2 Å². The van der Waals surface area contributed by atoms with Crippen molar-refractivity contribution in [2.24, 2.45) is 5.73 Å². The van der Waals surface area contributed by atoms with Crippen LogP contribution in [-0.4, -0.2) is 25.0 Å². The maximum Gasteiger partial charge on any atom is 0.337 e. The minimum absolute atomic E-state index is 0.186. The van der Waals surface area contributed by atoms with Gasteiger partial charge in [0.15, 0.2) is 0 Å². The van der Waals surface area contributed by atoms with Gasteiger partial charge in [0, 0.05) is 5.69 Å². The van der Waals surface area contributed by atoms with Gasteiger partial charge in [-0.25, -0.2) is 4.79 Å². The maximum absolute atomic E-state index is 11.5. The molecule has 1 aromatic rings. The lowest BCUT2D eigenvalue weighted by atomic mass is 10.0. The number of hydrogen-bond donors (Lipinski definition) is 2. The van der Waals surface area contributed by atoms with Gasteiger partial charge in [-0.3, -0.25) is 4.79 Å². The SMILES string of the molecule is COC(=O)c1ccc2c(c1)CCC(N)C(=O)N2. The molecule has 90 valence electrons. The Morgan fingerprint density at radius 2 is 2.29 bits per heavy atom. The quantitative estimate of drug-likeness (QED) is 0.700. The Labute approximate surface area is 98.9 Å². The topological polar surface area (TPSA) is 81.4 Å². The van der Waals surface area contributed by atoms with E-state index in [4.69, 9.17) is 5.73 Å². The van der Waals surface area contributed by atoms with Gasteiger partial charge >= 0.3 is 5.97 Å². The highest BCUT2D eigenvalue weighted by Crippen LogP contribution is 2.23. The van der Waals surface area contributed by atoms with Gasteiger partial charge < -0.3 is 15.8 Å². The minimum atomic E-state index is -0.496. The second-order valence-electron chi connectivity index (χ2n) is 4.00. The van der Waals surface area contributed by atoms with Crippen LogP contribution < -0.4 is 11.1 Å². The van der Waals surface area contributed by atoms with Gasteiger partial charge in [-0.15, -0.1) is 0 Å². The van der Waals surface area contributed by atoms with Crippen LogP contribution in [0, 0.1) is 0 Å². The average molecular weight is 234 g/mol. The molecule has 0 saturated carbocycles. The van der Waals surface area contributed by atoms with Gasteiger partial charge in [0.25, 0.3) is 0 Å². The Morgan fingerprint density at radius 3 is 3.00 bits per heavy atom. The summed E-state index contributed by atoms with van der Waals surface area (Å²) in [5, 5.41) is 2.74. The standard InChI is InChI=1S/C12H14N2O3/c1-17-12(16)8-3-5-10-7(6-8)2-4-9(13)11(15)14-10/h3,5-6,9H,2,4,13H2,1H3,(H,14,15). The summed E-state index contributed by atoms with van der Waals surface area (Å²) >= 11 is 0. The lowest BCUT2D eigenvalue weighted by Gasteiger charge is -2.08. The molecule has 5 nitrogen and oxygen atoms in total. The van der Waals surface area contributed by atoms with E-state index in [0.717, 1.165) is 11.3 Å². The highest BCUT2D eigenvalue weighted by molar-refractivity contribution is 5.97. The first-order valence-corrected chi connectivity index (χ1v) is 5.39. The molecule has 1 aromatic carbocycles. The van der Waals surface area contributed by atoms with Crippen LogP contribution in [0.25, 0.3) is 0 Å². The minimum Gasteiger partial charge on any atom is -0.465 e. The van der Waals surface area contributed by atoms with Gasteiger partial charge in [0.1, 0.15) is 0 Å². The molecule has 5 heteroatoms. The van der Waals surface area contributed by atoms with Gasteiger partial charge in [-0.05, 0) is 36.6 Å². The van der Waals surface area contributed by atoms with Crippen LogP contribution in [0.3, 0.4) is 0 Å². The number of anilines is 1. The Kier molecular flexibility index (Phi) is 3.10. The molecule has 1 atom stereocenters. The zero-order valence-electron chi connectivity index (χ0n) is 9.53. The zero-order valence-corrected chi connectivity index (χ0v) is 9.53. The van der Waals surface area contributed by atoms with Crippen molar-refractivity contribution in [3.8, 4) is 0 Å². The van der Waals surface area contributed by atoms with Gasteiger partial charge in [0.05, 0.1) is 18.7 Å². The Morgan fingerprint density at radius 1 is 1.53 bits per heavy atom. The first-order valence-electron chi connectivity index (χ1n) is 5.39. The number of nitrogens with two attached hydrogens (primary N) is 1. The number of aryl methyl sites for hydroxylation is 1. The van der Waals surface area contributed by atoms with Crippen LogP contribution in [-0.2, 0) is 16.0 Å². The molecule has 17 heavy (non-hydrogen) atoms. The van der Waals surface area contributed by atoms with E-state index < -0.39 is 6.04 Å². The Hall–Kier alpha value is -1.88. The molecule has 1 aliphatic rings. The van der Waals surface area contributed by atoms with Gasteiger partial charge in [-0.1, -0.05) is 0 Å². The molecule has 0 fully saturated rings. The number of hydrogen-bond acceptors (Lipinski definition) is 4. The number of amides is 1. The number of carbonyl (C=O) groups excluding carboxylic acids is 2. The van der Waals surface area contributed by atoms with Gasteiger partial charge in [0.2, 0.25) is 5.91 Å². The number of methoxy groups -OCH3 is 1. The molecule has 0 bridgehead atoms. The highest BCUT2D eigenvalue weighted by atomic mass is 16.5. The molecule has 0 spiro atoms. The van der Waals surface area contributed by atoms with E-state index in [-0.39, 0.29) is 11.9 Å². The van der Waals surface area contributed by atoms with Crippen molar-refractivity contribution < 1.29 is 14.3 Å². The summed E-state index contributed by atoms with van der Waals surface area (Å²) in [5.41, 5.74) is 7.79.